The third kappa shape index (κ3) is 66.5. The lowest BCUT2D eigenvalue weighted by molar-refractivity contribution is -0.161. The zero-order valence-electron chi connectivity index (χ0n) is 59.3. The van der Waals surface area contributed by atoms with E-state index in [0.717, 1.165) is 108 Å². The SMILES string of the molecule is CCCCCCCCCCCCCCCCCCCC(=O)O[C@H](COC(=O)CCCCCCCCCCCC(C)C)COP(=O)(O)OC[C@@H](O)COP(=O)(O)OC[C@@H](COC(=O)CCCCCCCCCC(C)C)OC(=O)CCCCCCCCCCCC(C)C. The van der Waals surface area contributed by atoms with E-state index in [-0.39, 0.29) is 25.7 Å². The van der Waals surface area contributed by atoms with E-state index < -0.39 is 97.5 Å². The lowest BCUT2D eigenvalue weighted by atomic mass is 10.0. The maximum atomic E-state index is 13.0. The molecule has 0 aliphatic heterocycles. The van der Waals surface area contributed by atoms with Gasteiger partial charge in [-0.3, -0.25) is 37.3 Å². The van der Waals surface area contributed by atoms with Crippen LogP contribution in [0.3, 0.4) is 0 Å². The van der Waals surface area contributed by atoms with Crippen molar-refractivity contribution in [3.05, 3.63) is 0 Å². The van der Waals surface area contributed by atoms with Crippen LogP contribution < -0.4 is 0 Å². The van der Waals surface area contributed by atoms with E-state index in [0.29, 0.717) is 31.6 Å². The van der Waals surface area contributed by atoms with Gasteiger partial charge in [0.1, 0.15) is 19.3 Å². The van der Waals surface area contributed by atoms with E-state index in [2.05, 4.69) is 48.5 Å². The minimum absolute atomic E-state index is 0.104. The Bertz CT molecular complexity index is 1780. The maximum Gasteiger partial charge on any atom is 0.472 e. The number of ether oxygens (including phenoxy) is 4. The molecular weight excluding hydrogens is 1200 g/mol. The Hall–Kier alpha value is -1.94. The van der Waals surface area contributed by atoms with Crippen molar-refractivity contribution in [2.75, 3.05) is 39.6 Å². The van der Waals surface area contributed by atoms with E-state index >= 15 is 0 Å². The molecule has 91 heavy (non-hydrogen) atoms. The second-order valence-electron chi connectivity index (χ2n) is 27.4. The first kappa shape index (κ1) is 89.1. The maximum absolute atomic E-state index is 13.0. The molecule has 0 saturated carbocycles. The van der Waals surface area contributed by atoms with Crippen molar-refractivity contribution >= 4 is 39.5 Å². The molecule has 3 N–H and O–H groups in total. The minimum Gasteiger partial charge on any atom is -0.462 e. The van der Waals surface area contributed by atoms with Crippen LogP contribution in [0.1, 0.15) is 363 Å². The Balaban J connectivity index is 5.24. The molecule has 0 rings (SSSR count). The summed E-state index contributed by atoms with van der Waals surface area (Å²) in [5.41, 5.74) is 0. The number of phosphoric acid groups is 2. The van der Waals surface area contributed by atoms with Crippen LogP contribution in [0.5, 0.6) is 0 Å². The number of carbonyl (C=O) groups excluding carboxylic acids is 4. The van der Waals surface area contributed by atoms with Gasteiger partial charge >= 0.3 is 39.5 Å². The number of carbonyl (C=O) groups is 4. The van der Waals surface area contributed by atoms with Crippen molar-refractivity contribution in [2.24, 2.45) is 17.8 Å². The van der Waals surface area contributed by atoms with Crippen LogP contribution in [0, 0.1) is 17.8 Å². The molecule has 5 atom stereocenters. The largest absolute Gasteiger partial charge is 0.472 e. The Labute approximate surface area is 556 Å². The van der Waals surface area contributed by atoms with E-state index in [4.69, 9.17) is 37.0 Å². The second-order valence-corrected chi connectivity index (χ2v) is 30.3. The Morgan fingerprint density at radius 2 is 0.505 bits per heavy atom. The third-order valence-corrected chi connectivity index (χ3v) is 18.5. The fourth-order valence-corrected chi connectivity index (χ4v) is 12.5. The first-order valence-electron chi connectivity index (χ1n) is 37.3. The van der Waals surface area contributed by atoms with Gasteiger partial charge in [0.2, 0.25) is 0 Å². The van der Waals surface area contributed by atoms with Crippen LogP contribution in [-0.2, 0) is 65.4 Å². The van der Waals surface area contributed by atoms with Gasteiger partial charge < -0.3 is 33.8 Å². The molecule has 0 aliphatic rings. The first-order valence-corrected chi connectivity index (χ1v) is 40.3. The van der Waals surface area contributed by atoms with Gasteiger partial charge in [-0.2, -0.15) is 0 Å². The number of esters is 4. The highest BCUT2D eigenvalue weighted by Crippen LogP contribution is 2.45. The van der Waals surface area contributed by atoms with Crippen LogP contribution in [0.4, 0.5) is 0 Å². The monoisotopic (exact) mass is 1340 g/mol. The van der Waals surface area contributed by atoms with Crippen LogP contribution in [0.2, 0.25) is 0 Å². The lowest BCUT2D eigenvalue weighted by Gasteiger charge is -2.21. The molecule has 0 bridgehead atoms. The molecule has 2 unspecified atom stereocenters. The minimum atomic E-state index is -4.95. The number of phosphoric ester groups is 2. The normalized spacial score (nSPS) is 14.2. The fraction of sp³-hybridized carbons (Fsp3) is 0.944. The van der Waals surface area contributed by atoms with Crippen LogP contribution in [0.25, 0.3) is 0 Å². The van der Waals surface area contributed by atoms with E-state index in [1.165, 1.54) is 167 Å². The van der Waals surface area contributed by atoms with Gasteiger partial charge in [-0.05, 0) is 43.4 Å². The highest BCUT2D eigenvalue weighted by molar-refractivity contribution is 7.47. The molecule has 17 nitrogen and oxygen atoms in total. The topological polar surface area (TPSA) is 237 Å². The van der Waals surface area contributed by atoms with Crippen LogP contribution >= 0.6 is 15.6 Å². The molecular formula is C72H140O17P2. The molecule has 0 amide bonds. The van der Waals surface area contributed by atoms with Crippen molar-refractivity contribution in [3.8, 4) is 0 Å². The average Bonchev–Trinajstić information content (AvgIpc) is 3.25. The fourth-order valence-electron chi connectivity index (χ4n) is 10.9. The molecule has 540 valence electrons. The number of hydrogen-bond acceptors (Lipinski definition) is 15. The summed E-state index contributed by atoms with van der Waals surface area (Å²) >= 11 is 0. The van der Waals surface area contributed by atoms with Crippen molar-refractivity contribution in [3.63, 3.8) is 0 Å². The Morgan fingerprint density at radius 3 is 0.747 bits per heavy atom. The third-order valence-electron chi connectivity index (χ3n) is 16.6. The summed E-state index contributed by atoms with van der Waals surface area (Å²) in [4.78, 5) is 72.6. The molecule has 0 saturated heterocycles. The highest BCUT2D eigenvalue weighted by atomic mass is 31.2. The summed E-state index contributed by atoms with van der Waals surface area (Å²) in [5.74, 6) is 0.0604. The zero-order chi connectivity index (χ0) is 67.3. The molecule has 0 aromatic heterocycles. The highest BCUT2D eigenvalue weighted by Gasteiger charge is 2.30. The molecule has 0 aromatic carbocycles. The van der Waals surface area contributed by atoms with Crippen molar-refractivity contribution < 1.29 is 80.2 Å². The number of aliphatic hydroxyl groups is 1. The lowest BCUT2D eigenvalue weighted by Crippen LogP contribution is -2.30. The zero-order valence-corrected chi connectivity index (χ0v) is 61.1. The molecule has 0 aliphatic carbocycles. The molecule has 19 heteroatoms. The number of unbranched alkanes of at least 4 members (excludes halogenated alkanes) is 38. The summed E-state index contributed by atoms with van der Waals surface area (Å²) in [6.45, 7) is 11.8. The van der Waals surface area contributed by atoms with Gasteiger partial charge in [0.05, 0.1) is 26.4 Å². The molecule has 0 spiro atoms. The summed E-state index contributed by atoms with van der Waals surface area (Å²) < 4.78 is 68.3. The number of rotatable bonds is 70. The quantitative estimate of drug-likeness (QED) is 0.0222. The predicted octanol–water partition coefficient (Wildman–Crippen LogP) is 20.6. The van der Waals surface area contributed by atoms with Gasteiger partial charge in [-0.25, -0.2) is 9.13 Å². The smallest absolute Gasteiger partial charge is 0.462 e. The van der Waals surface area contributed by atoms with Crippen LogP contribution in [-0.4, -0.2) is 96.7 Å². The van der Waals surface area contributed by atoms with Crippen molar-refractivity contribution in [2.45, 2.75) is 381 Å². The van der Waals surface area contributed by atoms with E-state index in [1.807, 2.05) is 0 Å². The summed E-state index contributed by atoms with van der Waals surface area (Å²) in [6, 6.07) is 0. The summed E-state index contributed by atoms with van der Waals surface area (Å²) in [5, 5.41) is 10.6. The first-order chi connectivity index (χ1) is 43.7. The van der Waals surface area contributed by atoms with Crippen molar-refractivity contribution in [1.29, 1.82) is 0 Å². The molecule has 0 fully saturated rings. The number of hydrogen-bond donors (Lipinski definition) is 3. The Kier molecular flexibility index (Phi) is 61.5. The van der Waals surface area contributed by atoms with Gasteiger partial charge in [-0.15, -0.1) is 0 Å². The number of aliphatic hydroxyl groups excluding tert-OH is 1. The van der Waals surface area contributed by atoms with Gasteiger partial charge in [0.25, 0.3) is 0 Å². The summed E-state index contributed by atoms with van der Waals surface area (Å²) in [7, 11) is -9.90. The molecule has 0 heterocycles. The van der Waals surface area contributed by atoms with Gasteiger partial charge in [-0.1, -0.05) is 312 Å². The molecule has 0 radical (unpaired) electrons. The van der Waals surface area contributed by atoms with Gasteiger partial charge in [0, 0.05) is 25.7 Å². The second kappa shape index (κ2) is 62.8. The van der Waals surface area contributed by atoms with Crippen molar-refractivity contribution in [1.82, 2.24) is 0 Å². The Morgan fingerprint density at radius 1 is 0.297 bits per heavy atom. The van der Waals surface area contributed by atoms with Crippen LogP contribution in [0.15, 0.2) is 0 Å². The molecule has 0 aromatic rings. The standard InChI is InChI=1S/C72H140O17P2/c1-8-9-10-11-12-13-14-15-16-17-18-19-20-25-33-41-48-55-71(76)88-67(59-82-69(74)53-46-39-32-26-21-23-29-36-43-50-63(2)3)61-86-90(78,79)84-57-66(73)58-85-91(80,81)87-62-68(60-83-70(75)54-47-40-35-28-31-38-45-52-65(6)7)89-72(77)56-49-42-34-27-22-24-30-37-44-51-64(4)5/h63-68,73H,8-62H2,1-7H3,(H,78,79)(H,80,81)/t66-,67-,68-/m1/s1. The van der Waals surface area contributed by atoms with E-state index in [9.17, 15) is 43.2 Å². The summed E-state index contributed by atoms with van der Waals surface area (Å²) in [6.07, 6.45) is 47.3. The average molecular weight is 1340 g/mol. The van der Waals surface area contributed by atoms with Gasteiger partial charge in [0.15, 0.2) is 12.2 Å². The van der Waals surface area contributed by atoms with E-state index in [1.54, 1.807) is 0 Å². The predicted molar refractivity (Wildman–Crippen MR) is 368 cm³/mol.